The third kappa shape index (κ3) is 3.79. The molecule has 2 unspecified atom stereocenters. The summed E-state index contributed by atoms with van der Waals surface area (Å²) < 4.78 is 10.2. The topological polar surface area (TPSA) is 35.5 Å². The van der Waals surface area contributed by atoms with Gasteiger partial charge in [0.1, 0.15) is 0 Å². The third-order valence-electron chi connectivity index (χ3n) is 1.87. The molecule has 15 heavy (non-hydrogen) atoms. The summed E-state index contributed by atoms with van der Waals surface area (Å²) in [5.74, 6) is -0.334. The molecule has 1 aromatic rings. The SMILES string of the molecule is COC(OC(C)=O)C(I)c1ccccc1. The molecular weight excluding hydrogens is 307 g/mol. The van der Waals surface area contributed by atoms with Crippen molar-refractivity contribution in [1.29, 1.82) is 0 Å². The normalized spacial score (nSPS) is 14.3. The average molecular weight is 320 g/mol. The minimum absolute atomic E-state index is 0.00213. The number of rotatable bonds is 4. The molecule has 0 fully saturated rings. The van der Waals surface area contributed by atoms with Gasteiger partial charge in [-0.05, 0) is 5.56 Å². The Labute approximate surface area is 103 Å². The first-order valence-electron chi connectivity index (χ1n) is 4.54. The molecular formula is C11H13IO3. The summed E-state index contributed by atoms with van der Waals surface area (Å²) in [7, 11) is 1.53. The van der Waals surface area contributed by atoms with Gasteiger partial charge in [-0.25, -0.2) is 0 Å². The van der Waals surface area contributed by atoms with Crippen molar-refractivity contribution in [3.63, 3.8) is 0 Å². The summed E-state index contributed by atoms with van der Waals surface area (Å²) in [5, 5.41) is 0. The van der Waals surface area contributed by atoms with Crippen LogP contribution in [0.15, 0.2) is 30.3 Å². The maximum Gasteiger partial charge on any atom is 0.304 e. The molecule has 1 aromatic carbocycles. The maximum atomic E-state index is 10.8. The smallest absolute Gasteiger partial charge is 0.304 e. The van der Waals surface area contributed by atoms with E-state index in [1.165, 1.54) is 14.0 Å². The Kier molecular flexibility index (Phi) is 5.04. The maximum absolute atomic E-state index is 10.8. The van der Waals surface area contributed by atoms with Gasteiger partial charge in [-0.2, -0.15) is 0 Å². The van der Waals surface area contributed by atoms with Gasteiger partial charge >= 0.3 is 5.97 Å². The van der Waals surface area contributed by atoms with Crippen molar-refractivity contribution >= 4 is 28.6 Å². The highest BCUT2D eigenvalue weighted by atomic mass is 127. The molecule has 0 heterocycles. The number of halogens is 1. The molecule has 0 radical (unpaired) electrons. The van der Waals surface area contributed by atoms with Gasteiger partial charge in [0.2, 0.25) is 6.29 Å². The summed E-state index contributed by atoms with van der Waals surface area (Å²) in [6, 6.07) is 9.79. The van der Waals surface area contributed by atoms with Gasteiger partial charge in [0.25, 0.3) is 0 Å². The van der Waals surface area contributed by atoms with Crippen molar-refractivity contribution in [2.75, 3.05) is 7.11 Å². The zero-order valence-corrected chi connectivity index (χ0v) is 10.8. The van der Waals surface area contributed by atoms with E-state index in [1.54, 1.807) is 0 Å². The molecule has 0 amide bonds. The molecule has 2 atom stereocenters. The molecule has 0 aromatic heterocycles. The van der Waals surface area contributed by atoms with Gasteiger partial charge in [-0.15, -0.1) is 0 Å². The van der Waals surface area contributed by atoms with Crippen LogP contribution in [0.2, 0.25) is 0 Å². The van der Waals surface area contributed by atoms with Crippen LogP contribution in [0.5, 0.6) is 0 Å². The summed E-state index contributed by atoms with van der Waals surface area (Å²) in [4.78, 5) is 10.8. The van der Waals surface area contributed by atoms with Crippen molar-refractivity contribution in [2.24, 2.45) is 0 Å². The minimum atomic E-state index is -0.537. The van der Waals surface area contributed by atoms with Crippen molar-refractivity contribution in [3.05, 3.63) is 35.9 Å². The Morgan fingerprint density at radius 1 is 1.33 bits per heavy atom. The first-order chi connectivity index (χ1) is 7.15. The van der Waals surface area contributed by atoms with E-state index >= 15 is 0 Å². The molecule has 0 saturated carbocycles. The summed E-state index contributed by atoms with van der Waals surface area (Å²) in [5.41, 5.74) is 1.08. The van der Waals surface area contributed by atoms with E-state index < -0.39 is 6.29 Å². The van der Waals surface area contributed by atoms with E-state index in [-0.39, 0.29) is 9.89 Å². The second-order valence-electron chi connectivity index (χ2n) is 3.03. The Morgan fingerprint density at radius 2 is 1.93 bits per heavy atom. The lowest BCUT2D eigenvalue weighted by Gasteiger charge is -2.20. The van der Waals surface area contributed by atoms with Crippen LogP contribution in [-0.4, -0.2) is 19.4 Å². The van der Waals surface area contributed by atoms with Gasteiger partial charge < -0.3 is 9.47 Å². The van der Waals surface area contributed by atoms with Gasteiger partial charge in [0.05, 0.1) is 3.92 Å². The lowest BCUT2D eigenvalue weighted by atomic mass is 10.1. The highest BCUT2D eigenvalue weighted by Gasteiger charge is 2.22. The number of hydrogen-bond acceptors (Lipinski definition) is 3. The van der Waals surface area contributed by atoms with Crippen LogP contribution in [-0.2, 0) is 14.3 Å². The first-order valence-corrected chi connectivity index (χ1v) is 5.78. The standard InChI is InChI=1S/C11H13IO3/c1-8(13)15-11(14-2)10(12)9-6-4-3-5-7-9/h3-7,10-11H,1-2H3. The van der Waals surface area contributed by atoms with E-state index in [1.807, 2.05) is 30.3 Å². The van der Waals surface area contributed by atoms with E-state index in [9.17, 15) is 4.79 Å². The number of esters is 1. The Hall–Kier alpha value is -0.620. The molecule has 0 aliphatic carbocycles. The van der Waals surface area contributed by atoms with E-state index in [2.05, 4.69) is 22.6 Å². The number of alkyl halides is 1. The number of carbonyl (C=O) groups excluding carboxylic acids is 1. The van der Waals surface area contributed by atoms with E-state index in [0.29, 0.717) is 0 Å². The van der Waals surface area contributed by atoms with Crippen molar-refractivity contribution in [1.82, 2.24) is 0 Å². The third-order valence-corrected chi connectivity index (χ3v) is 3.18. The number of carbonyl (C=O) groups is 1. The number of hydrogen-bond donors (Lipinski definition) is 0. The van der Waals surface area contributed by atoms with Gasteiger partial charge in [0.15, 0.2) is 0 Å². The fraction of sp³-hybridized carbons (Fsp3) is 0.364. The van der Waals surface area contributed by atoms with Gasteiger partial charge in [0, 0.05) is 14.0 Å². The molecule has 0 aliphatic heterocycles. The van der Waals surface area contributed by atoms with Crippen LogP contribution in [0.1, 0.15) is 16.4 Å². The predicted molar refractivity (Wildman–Crippen MR) is 65.8 cm³/mol. The van der Waals surface area contributed by atoms with Crippen molar-refractivity contribution in [2.45, 2.75) is 17.1 Å². The van der Waals surface area contributed by atoms with Crippen LogP contribution < -0.4 is 0 Å². The minimum Gasteiger partial charge on any atom is -0.434 e. The lowest BCUT2D eigenvalue weighted by molar-refractivity contribution is -0.170. The zero-order valence-electron chi connectivity index (χ0n) is 8.64. The highest BCUT2D eigenvalue weighted by Crippen LogP contribution is 2.29. The summed E-state index contributed by atoms with van der Waals surface area (Å²) in [6.07, 6.45) is -0.537. The van der Waals surface area contributed by atoms with E-state index in [4.69, 9.17) is 9.47 Å². The number of benzene rings is 1. The molecule has 82 valence electrons. The largest absolute Gasteiger partial charge is 0.434 e. The molecule has 0 spiro atoms. The molecule has 0 bridgehead atoms. The second-order valence-corrected chi connectivity index (χ2v) is 4.37. The monoisotopic (exact) mass is 320 g/mol. The van der Waals surface area contributed by atoms with Crippen LogP contribution >= 0.6 is 22.6 Å². The molecule has 0 saturated heterocycles. The quantitative estimate of drug-likeness (QED) is 0.370. The Bertz CT molecular complexity index is 313. The van der Waals surface area contributed by atoms with Crippen molar-refractivity contribution in [3.8, 4) is 0 Å². The summed E-state index contributed by atoms with van der Waals surface area (Å²) in [6.45, 7) is 1.38. The molecule has 0 N–H and O–H groups in total. The Morgan fingerprint density at radius 3 is 2.40 bits per heavy atom. The Balaban J connectivity index is 2.73. The predicted octanol–water partition coefficient (Wildman–Crippen LogP) is 2.70. The van der Waals surface area contributed by atoms with Gasteiger partial charge in [-0.3, -0.25) is 4.79 Å². The fourth-order valence-electron chi connectivity index (χ4n) is 1.18. The second kappa shape index (κ2) is 6.07. The first kappa shape index (κ1) is 12.4. The average Bonchev–Trinajstić information content (AvgIpc) is 2.26. The fourth-order valence-corrected chi connectivity index (χ4v) is 2.04. The molecule has 3 nitrogen and oxygen atoms in total. The van der Waals surface area contributed by atoms with Crippen LogP contribution in [0, 0.1) is 0 Å². The van der Waals surface area contributed by atoms with E-state index in [0.717, 1.165) is 5.56 Å². The zero-order chi connectivity index (χ0) is 11.3. The van der Waals surface area contributed by atoms with Crippen molar-refractivity contribution < 1.29 is 14.3 Å². The molecule has 4 heteroatoms. The lowest BCUT2D eigenvalue weighted by Crippen LogP contribution is -2.23. The summed E-state index contributed by atoms with van der Waals surface area (Å²) >= 11 is 2.20. The highest BCUT2D eigenvalue weighted by molar-refractivity contribution is 14.1. The molecule has 1 rings (SSSR count). The molecule has 0 aliphatic rings. The number of methoxy groups -OCH3 is 1. The number of ether oxygens (including phenoxy) is 2. The van der Waals surface area contributed by atoms with Crippen LogP contribution in [0.4, 0.5) is 0 Å². The van der Waals surface area contributed by atoms with Gasteiger partial charge in [-0.1, -0.05) is 52.9 Å². The van der Waals surface area contributed by atoms with Crippen LogP contribution in [0.25, 0.3) is 0 Å². The van der Waals surface area contributed by atoms with Crippen LogP contribution in [0.3, 0.4) is 0 Å².